The van der Waals surface area contributed by atoms with Gasteiger partial charge in [-0.2, -0.15) is 5.10 Å². The summed E-state index contributed by atoms with van der Waals surface area (Å²) in [4.78, 5) is 2.30. The number of nitrogens with zero attached hydrogens (tertiary/aromatic N) is 3. The van der Waals surface area contributed by atoms with Gasteiger partial charge >= 0.3 is 0 Å². The number of aryl methyl sites for hydroxylation is 1. The fourth-order valence-electron chi connectivity index (χ4n) is 2.19. The highest BCUT2D eigenvalue weighted by molar-refractivity contribution is 5.81. The molecular weight excluding hydrogens is 224 g/mol. The molecule has 0 aliphatic rings. The molecule has 0 fully saturated rings. The van der Waals surface area contributed by atoms with Crippen LogP contribution in [0.2, 0.25) is 0 Å². The van der Waals surface area contributed by atoms with E-state index in [1.165, 1.54) is 10.9 Å². The molecule has 1 heterocycles. The van der Waals surface area contributed by atoms with E-state index in [0.717, 1.165) is 31.9 Å². The average molecular weight is 246 g/mol. The standard InChI is InChI=1S/C14H22N4/c1-4-15-9-10-17(2)11-13-12-7-5-6-8-14(12)18(3)16-13/h5-8,15H,4,9-11H2,1-3H3. The maximum Gasteiger partial charge on any atom is 0.0843 e. The van der Waals surface area contributed by atoms with Gasteiger partial charge in [-0.1, -0.05) is 25.1 Å². The van der Waals surface area contributed by atoms with Crippen molar-refractivity contribution in [3.8, 4) is 0 Å². The fraction of sp³-hybridized carbons (Fsp3) is 0.500. The van der Waals surface area contributed by atoms with E-state index < -0.39 is 0 Å². The van der Waals surface area contributed by atoms with E-state index in [1.807, 2.05) is 11.7 Å². The Labute approximate surface area is 109 Å². The van der Waals surface area contributed by atoms with Gasteiger partial charge in [0.2, 0.25) is 0 Å². The van der Waals surface area contributed by atoms with Crippen molar-refractivity contribution in [2.75, 3.05) is 26.7 Å². The van der Waals surface area contributed by atoms with E-state index in [1.54, 1.807) is 0 Å². The Hall–Kier alpha value is -1.39. The van der Waals surface area contributed by atoms with E-state index in [2.05, 4.69) is 53.6 Å². The summed E-state index contributed by atoms with van der Waals surface area (Å²) < 4.78 is 1.96. The summed E-state index contributed by atoms with van der Waals surface area (Å²) in [5, 5.41) is 9.21. The molecule has 0 saturated carbocycles. The lowest BCUT2D eigenvalue weighted by Crippen LogP contribution is -2.28. The third kappa shape index (κ3) is 2.89. The second-order valence-electron chi connectivity index (χ2n) is 4.68. The zero-order chi connectivity index (χ0) is 13.0. The summed E-state index contributed by atoms with van der Waals surface area (Å²) in [5.41, 5.74) is 2.36. The summed E-state index contributed by atoms with van der Waals surface area (Å²) in [6.07, 6.45) is 0. The van der Waals surface area contributed by atoms with Crippen molar-refractivity contribution >= 4 is 10.9 Å². The molecule has 0 saturated heterocycles. The van der Waals surface area contributed by atoms with E-state index in [0.29, 0.717) is 0 Å². The molecule has 0 unspecified atom stereocenters. The number of fused-ring (bicyclic) bond motifs is 1. The number of rotatable bonds is 6. The van der Waals surface area contributed by atoms with Crippen LogP contribution in [0.1, 0.15) is 12.6 Å². The van der Waals surface area contributed by atoms with Gasteiger partial charge in [-0.15, -0.1) is 0 Å². The average Bonchev–Trinajstić information content (AvgIpc) is 2.67. The Morgan fingerprint density at radius 3 is 2.89 bits per heavy atom. The van der Waals surface area contributed by atoms with Crippen LogP contribution < -0.4 is 5.32 Å². The molecule has 2 rings (SSSR count). The predicted molar refractivity (Wildman–Crippen MR) is 75.6 cm³/mol. The second kappa shape index (κ2) is 5.98. The van der Waals surface area contributed by atoms with Gasteiger partial charge in [0.25, 0.3) is 0 Å². The highest BCUT2D eigenvalue weighted by Crippen LogP contribution is 2.18. The lowest BCUT2D eigenvalue weighted by Gasteiger charge is -2.15. The molecule has 18 heavy (non-hydrogen) atoms. The monoisotopic (exact) mass is 246 g/mol. The van der Waals surface area contributed by atoms with Gasteiger partial charge in [-0.05, 0) is 19.7 Å². The molecule has 1 aromatic carbocycles. The Balaban J connectivity index is 2.07. The summed E-state index contributed by atoms with van der Waals surface area (Å²) in [7, 11) is 4.14. The highest BCUT2D eigenvalue weighted by atomic mass is 15.3. The summed E-state index contributed by atoms with van der Waals surface area (Å²) in [5.74, 6) is 0. The molecule has 0 amide bonds. The van der Waals surface area contributed by atoms with Crippen molar-refractivity contribution in [3.63, 3.8) is 0 Å². The van der Waals surface area contributed by atoms with Crippen molar-refractivity contribution in [2.45, 2.75) is 13.5 Å². The molecule has 0 bridgehead atoms. The Morgan fingerprint density at radius 1 is 1.33 bits per heavy atom. The topological polar surface area (TPSA) is 33.1 Å². The summed E-state index contributed by atoms with van der Waals surface area (Å²) >= 11 is 0. The van der Waals surface area contributed by atoms with Gasteiger partial charge in [-0.3, -0.25) is 9.58 Å². The van der Waals surface area contributed by atoms with Gasteiger partial charge < -0.3 is 5.32 Å². The lowest BCUT2D eigenvalue weighted by molar-refractivity contribution is 0.322. The predicted octanol–water partition coefficient (Wildman–Crippen LogP) is 1.61. The van der Waals surface area contributed by atoms with Crippen molar-refractivity contribution in [1.29, 1.82) is 0 Å². The Kier molecular flexibility index (Phi) is 4.33. The zero-order valence-electron chi connectivity index (χ0n) is 11.5. The third-order valence-electron chi connectivity index (χ3n) is 3.17. The quantitative estimate of drug-likeness (QED) is 0.786. The molecule has 0 aliphatic carbocycles. The highest BCUT2D eigenvalue weighted by Gasteiger charge is 2.09. The Morgan fingerprint density at radius 2 is 2.11 bits per heavy atom. The van der Waals surface area contributed by atoms with E-state index >= 15 is 0 Å². The molecule has 2 aromatic rings. The van der Waals surface area contributed by atoms with Crippen LogP contribution >= 0.6 is 0 Å². The van der Waals surface area contributed by atoms with Crippen molar-refractivity contribution < 1.29 is 0 Å². The van der Waals surface area contributed by atoms with Crippen LogP contribution in [-0.2, 0) is 13.6 Å². The van der Waals surface area contributed by atoms with Crippen LogP contribution in [0.25, 0.3) is 10.9 Å². The number of aromatic nitrogens is 2. The maximum atomic E-state index is 4.61. The zero-order valence-corrected chi connectivity index (χ0v) is 11.5. The Bertz CT molecular complexity index is 503. The van der Waals surface area contributed by atoms with Crippen molar-refractivity contribution in [2.24, 2.45) is 7.05 Å². The smallest absolute Gasteiger partial charge is 0.0843 e. The molecule has 0 aliphatic heterocycles. The molecule has 1 aromatic heterocycles. The minimum atomic E-state index is 0.896. The number of benzene rings is 1. The molecular formula is C14H22N4. The normalized spacial score (nSPS) is 11.6. The molecule has 4 nitrogen and oxygen atoms in total. The van der Waals surface area contributed by atoms with Gasteiger partial charge in [-0.25, -0.2) is 0 Å². The number of likely N-dealkylation sites (N-methyl/N-ethyl adjacent to an activating group) is 2. The first-order valence-electron chi connectivity index (χ1n) is 6.52. The number of hydrogen-bond donors (Lipinski definition) is 1. The van der Waals surface area contributed by atoms with Crippen LogP contribution in [0.3, 0.4) is 0 Å². The van der Waals surface area contributed by atoms with Crippen LogP contribution in [0.15, 0.2) is 24.3 Å². The molecule has 98 valence electrons. The maximum absolute atomic E-state index is 4.61. The van der Waals surface area contributed by atoms with E-state index in [9.17, 15) is 0 Å². The molecule has 0 atom stereocenters. The SMILES string of the molecule is CCNCCN(C)Cc1nn(C)c2ccccc12. The summed E-state index contributed by atoms with van der Waals surface area (Å²) in [6, 6.07) is 8.40. The first-order valence-corrected chi connectivity index (χ1v) is 6.52. The van der Waals surface area contributed by atoms with Crippen LogP contribution in [-0.4, -0.2) is 41.4 Å². The van der Waals surface area contributed by atoms with Gasteiger partial charge in [0, 0.05) is 32.1 Å². The molecule has 0 radical (unpaired) electrons. The van der Waals surface area contributed by atoms with Crippen LogP contribution in [0.5, 0.6) is 0 Å². The van der Waals surface area contributed by atoms with Gasteiger partial charge in [0.1, 0.15) is 0 Å². The third-order valence-corrected chi connectivity index (χ3v) is 3.17. The van der Waals surface area contributed by atoms with Crippen LogP contribution in [0.4, 0.5) is 0 Å². The molecule has 4 heteroatoms. The van der Waals surface area contributed by atoms with Gasteiger partial charge in [0.05, 0.1) is 11.2 Å². The minimum Gasteiger partial charge on any atom is -0.316 e. The number of hydrogen-bond acceptors (Lipinski definition) is 3. The van der Waals surface area contributed by atoms with Crippen LogP contribution in [0, 0.1) is 0 Å². The molecule has 1 N–H and O–H groups in total. The summed E-state index contributed by atoms with van der Waals surface area (Å²) in [6.45, 7) is 6.12. The second-order valence-corrected chi connectivity index (χ2v) is 4.68. The fourth-order valence-corrected chi connectivity index (χ4v) is 2.19. The molecule has 0 spiro atoms. The first kappa shape index (κ1) is 13.1. The van der Waals surface area contributed by atoms with E-state index in [4.69, 9.17) is 0 Å². The minimum absolute atomic E-state index is 0.896. The number of para-hydroxylation sites is 1. The van der Waals surface area contributed by atoms with Crippen molar-refractivity contribution in [1.82, 2.24) is 20.0 Å². The van der Waals surface area contributed by atoms with E-state index in [-0.39, 0.29) is 0 Å². The number of nitrogens with one attached hydrogen (secondary N) is 1. The van der Waals surface area contributed by atoms with Gasteiger partial charge in [0.15, 0.2) is 0 Å². The first-order chi connectivity index (χ1) is 8.72. The largest absolute Gasteiger partial charge is 0.316 e. The van der Waals surface area contributed by atoms with Crippen molar-refractivity contribution in [3.05, 3.63) is 30.0 Å². The lowest BCUT2D eigenvalue weighted by atomic mass is 10.2.